The van der Waals surface area contributed by atoms with Crippen LogP contribution in [0.2, 0.25) is 0 Å². The maximum Gasteiger partial charge on any atom is 0.218 e. The number of aliphatic hydroxyl groups is 1. The van der Waals surface area contributed by atoms with E-state index in [1.165, 1.54) is 4.31 Å². The largest absolute Gasteiger partial charge is 0.392 e. The van der Waals surface area contributed by atoms with E-state index < -0.39 is 10.0 Å². The summed E-state index contributed by atoms with van der Waals surface area (Å²) in [5, 5.41) is 9.10. The van der Waals surface area contributed by atoms with Crippen LogP contribution in [0.25, 0.3) is 0 Å². The van der Waals surface area contributed by atoms with Crippen molar-refractivity contribution in [3.05, 3.63) is 35.4 Å². The Balaban J connectivity index is 2.91. The van der Waals surface area contributed by atoms with Gasteiger partial charge in [-0.2, -0.15) is 4.31 Å². The topological polar surface area (TPSA) is 66.8 Å². The molecule has 0 radical (unpaired) electrons. The van der Waals surface area contributed by atoms with Gasteiger partial charge in [0.25, 0.3) is 0 Å². The molecular weight excluding hydrogens is 278 g/mol. The Kier molecular flexibility index (Phi) is 6.61. The number of aliphatic hydroxyl groups excluding tert-OH is 1. The average Bonchev–Trinajstić information content (AvgIpc) is 2.39. The molecule has 0 heterocycles. The van der Waals surface area contributed by atoms with Crippen LogP contribution in [0.5, 0.6) is 0 Å². The van der Waals surface area contributed by atoms with Crippen molar-refractivity contribution in [2.45, 2.75) is 32.2 Å². The van der Waals surface area contributed by atoms with E-state index in [1.54, 1.807) is 31.4 Å². The molecule has 0 fully saturated rings. The maximum absolute atomic E-state index is 12.5. The lowest BCUT2D eigenvalue weighted by Crippen LogP contribution is -2.41. The molecule has 0 spiro atoms. The van der Waals surface area contributed by atoms with Gasteiger partial charge in [-0.05, 0) is 18.1 Å². The van der Waals surface area contributed by atoms with Crippen molar-refractivity contribution >= 4 is 10.0 Å². The molecule has 1 unspecified atom stereocenters. The third-order valence-corrected chi connectivity index (χ3v) is 5.12. The minimum Gasteiger partial charge on any atom is -0.392 e. The highest BCUT2D eigenvalue weighted by Gasteiger charge is 2.26. The molecule has 1 aromatic carbocycles. The normalized spacial score (nSPS) is 13.7. The number of rotatable bonds is 8. The van der Waals surface area contributed by atoms with E-state index in [0.29, 0.717) is 24.3 Å². The Bertz CT molecular complexity index is 516. The van der Waals surface area contributed by atoms with E-state index in [-0.39, 0.29) is 18.4 Å². The van der Waals surface area contributed by atoms with Crippen LogP contribution in [0, 0.1) is 0 Å². The first-order valence-corrected chi connectivity index (χ1v) is 8.22. The van der Waals surface area contributed by atoms with E-state index in [0.717, 1.165) is 0 Å². The van der Waals surface area contributed by atoms with Crippen LogP contribution in [0.4, 0.5) is 0 Å². The quantitative estimate of drug-likeness (QED) is 0.787. The molecule has 20 heavy (non-hydrogen) atoms. The summed E-state index contributed by atoms with van der Waals surface area (Å²) < 4.78 is 31.4. The molecule has 0 bridgehead atoms. The highest BCUT2D eigenvalue weighted by molar-refractivity contribution is 7.88. The standard InChI is InChI=1S/C14H23NO4S/c1-4-15(12(2)10-19-3)20(17,18)11-14-7-5-6-13(8-14)9-16/h5-8,12,16H,4,9-11H2,1-3H3. The molecule has 0 aromatic heterocycles. The molecule has 1 aromatic rings. The lowest BCUT2D eigenvalue weighted by atomic mass is 10.1. The van der Waals surface area contributed by atoms with E-state index in [1.807, 2.05) is 13.8 Å². The van der Waals surface area contributed by atoms with E-state index >= 15 is 0 Å². The van der Waals surface area contributed by atoms with Crippen LogP contribution in [0.1, 0.15) is 25.0 Å². The Hall–Kier alpha value is -0.950. The number of sulfonamides is 1. The van der Waals surface area contributed by atoms with Crippen molar-refractivity contribution in [1.29, 1.82) is 0 Å². The van der Waals surface area contributed by atoms with Gasteiger partial charge in [0.15, 0.2) is 0 Å². The van der Waals surface area contributed by atoms with Gasteiger partial charge in [0.2, 0.25) is 10.0 Å². The molecule has 0 saturated carbocycles. The summed E-state index contributed by atoms with van der Waals surface area (Å²) in [5.41, 5.74) is 1.39. The zero-order valence-corrected chi connectivity index (χ0v) is 13.1. The summed E-state index contributed by atoms with van der Waals surface area (Å²) in [6, 6.07) is 6.79. The Morgan fingerprint density at radius 1 is 1.35 bits per heavy atom. The van der Waals surface area contributed by atoms with Crippen molar-refractivity contribution in [2.24, 2.45) is 0 Å². The third-order valence-electron chi connectivity index (χ3n) is 3.09. The van der Waals surface area contributed by atoms with Gasteiger partial charge in [0, 0.05) is 19.7 Å². The van der Waals surface area contributed by atoms with Gasteiger partial charge in [0.1, 0.15) is 0 Å². The molecule has 0 aliphatic carbocycles. The lowest BCUT2D eigenvalue weighted by Gasteiger charge is -2.26. The Morgan fingerprint density at radius 3 is 2.55 bits per heavy atom. The molecule has 6 heteroatoms. The first-order valence-electron chi connectivity index (χ1n) is 6.61. The fourth-order valence-electron chi connectivity index (χ4n) is 2.22. The first-order chi connectivity index (χ1) is 9.44. The number of methoxy groups -OCH3 is 1. The molecule has 0 saturated heterocycles. The fourth-order valence-corrected chi connectivity index (χ4v) is 3.99. The molecule has 0 amide bonds. The SMILES string of the molecule is CCN(C(C)COC)S(=O)(=O)Cc1cccc(CO)c1. The summed E-state index contributed by atoms with van der Waals surface area (Å²) >= 11 is 0. The fraction of sp³-hybridized carbons (Fsp3) is 0.571. The van der Waals surface area contributed by atoms with Crippen LogP contribution >= 0.6 is 0 Å². The van der Waals surface area contributed by atoms with Crippen LogP contribution in [-0.4, -0.2) is 44.1 Å². The minimum atomic E-state index is -3.40. The van der Waals surface area contributed by atoms with Crippen LogP contribution in [-0.2, 0) is 27.1 Å². The highest BCUT2D eigenvalue weighted by atomic mass is 32.2. The Labute approximate surface area is 121 Å². The lowest BCUT2D eigenvalue weighted by molar-refractivity contribution is 0.142. The minimum absolute atomic E-state index is 0.0667. The molecule has 0 aliphatic heterocycles. The second-order valence-electron chi connectivity index (χ2n) is 4.74. The third kappa shape index (κ3) is 4.56. The number of ether oxygens (including phenoxy) is 1. The molecule has 1 N–H and O–H groups in total. The maximum atomic E-state index is 12.5. The van der Waals surface area contributed by atoms with Crippen molar-refractivity contribution in [3.63, 3.8) is 0 Å². The van der Waals surface area contributed by atoms with Gasteiger partial charge < -0.3 is 9.84 Å². The monoisotopic (exact) mass is 301 g/mol. The smallest absolute Gasteiger partial charge is 0.218 e. The van der Waals surface area contributed by atoms with Gasteiger partial charge in [-0.25, -0.2) is 8.42 Å². The van der Waals surface area contributed by atoms with Gasteiger partial charge in [-0.3, -0.25) is 0 Å². The Morgan fingerprint density at radius 2 is 2.00 bits per heavy atom. The second kappa shape index (κ2) is 7.73. The number of likely N-dealkylation sites (N-methyl/N-ethyl adjacent to an activating group) is 1. The van der Waals surface area contributed by atoms with E-state index in [2.05, 4.69) is 0 Å². The number of nitrogens with zero attached hydrogens (tertiary/aromatic N) is 1. The second-order valence-corrected chi connectivity index (χ2v) is 6.66. The van der Waals surface area contributed by atoms with Crippen LogP contribution < -0.4 is 0 Å². The summed E-state index contributed by atoms with van der Waals surface area (Å²) in [7, 11) is -1.84. The van der Waals surface area contributed by atoms with Crippen LogP contribution in [0.3, 0.4) is 0 Å². The van der Waals surface area contributed by atoms with Crippen molar-refractivity contribution in [2.75, 3.05) is 20.3 Å². The predicted octanol–water partition coefficient (Wildman–Crippen LogP) is 1.37. The zero-order valence-electron chi connectivity index (χ0n) is 12.2. The summed E-state index contributed by atoms with van der Waals surface area (Å²) in [6.07, 6.45) is 0. The number of benzene rings is 1. The predicted molar refractivity (Wildman–Crippen MR) is 78.7 cm³/mol. The average molecular weight is 301 g/mol. The molecule has 114 valence electrons. The van der Waals surface area contributed by atoms with Gasteiger partial charge >= 0.3 is 0 Å². The van der Waals surface area contributed by atoms with Crippen molar-refractivity contribution < 1.29 is 18.3 Å². The van der Waals surface area contributed by atoms with Crippen LogP contribution in [0.15, 0.2) is 24.3 Å². The van der Waals surface area contributed by atoms with Crippen molar-refractivity contribution in [3.8, 4) is 0 Å². The number of hydrogen-bond acceptors (Lipinski definition) is 4. The van der Waals surface area contributed by atoms with Gasteiger partial charge in [-0.15, -0.1) is 0 Å². The summed E-state index contributed by atoms with van der Waals surface area (Å²) in [6.45, 7) is 4.32. The summed E-state index contributed by atoms with van der Waals surface area (Å²) in [4.78, 5) is 0. The van der Waals surface area contributed by atoms with E-state index in [9.17, 15) is 8.42 Å². The molecule has 1 atom stereocenters. The molecule has 1 rings (SSSR count). The zero-order chi connectivity index (χ0) is 15.2. The highest BCUT2D eigenvalue weighted by Crippen LogP contribution is 2.15. The molecular formula is C14H23NO4S. The van der Waals surface area contributed by atoms with Gasteiger partial charge in [-0.1, -0.05) is 31.2 Å². The van der Waals surface area contributed by atoms with E-state index in [4.69, 9.17) is 9.84 Å². The number of hydrogen-bond donors (Lipinski definition) is 1. The summed E-state index contributed by atoms with van der Waals surface area (Å²) in [5.74, 6) is -0.0667. The van der Waals surface area contributed by atoms with Gasteiger partial charge in [0.05, 0.1) is 19.0 Å². The molecule has 5 nitrogen and oxygen atoms in total. The first kappa shape index (κ1) is 17.1. The van der Waals surface area contributed by atoms with Crippen molar-refractivity contribution in [1.82, 2.24) is 4.31 Å². The molecule has 0 aliphatic rings.